The van der Waals surface area contributed by atoms with Gasteiger partial charge in [-0.25, -0.2) is 0 Å². The molecule has 1 saturated carbocycles. The Kier molecular flexibility index (Phi) is 5.79. The normalized spacial score (nSPS) is 29.1. The van der Waals surface area contributed by atoms with Crippen molar-refractivity contribution in [2.24, 2.45) is 5.92 Å². The van der Waals surface area contributed by atoms with E-state index in [0.29, 0.717) is 0 Å². The van der Waals surface area contributed by atoms with Crippen LogP contribution >= 0.6 is 0 Å². The van der Waals surface area contributed by atoms with Gasteiger partial charge in [-0.3, -0.25) is 0 Å². The van der Waals surface area contributed by atoms with Gasteiger partial charge in [0.05, 0.1) is 0 Å². The third-order valence-corrected chi connectivity index (χ3v) is 4.59. The summed E-state index contributed by atoms with van der Waals surface area (Å²) in [5.74, 6) is 0.917. The molecule has 2 rings (SSSR count). The number of hydrogen-bond donors (Lipinski definition) is 1. The van der Waals surface area contributed by atoms with Crippen molar-refractivity contribution in [3.63, 3.8) is 0 Å². The van der Waals surface area contributed by atoms with Gasteiger partial charge in [-0.15, -0.1) is 0 Å². The number of nitrogens with zero attached hydrogens (tertiary/aromatic N) is 1. The van der Waals surface area contributed by atoms with E-state index >= 15 is 0 Å². The van der Waals surface area contributed by atoms with Crippen molar-refractivity contribution in [3.8, 4) is 0 Å². The average molecular weight is 238 g/mol. The molecule has 17 heavy (non-hydrogen) atoms. The minimum Gasteiger partial charge on any atom is -0.317 e. The molecule has 0 bridgehead atoms. The zero-order valence-corrected chi connectivity index (χ0v) is 11.6. The molecule has 0 aromatic carbocycles. The van der Waals surface area contributed by atoms with Crippen LogP contribution in [0.15, 0.2) is 0 Å². The van der Waals surface area contributed by atoms with Crippen molar-refractivity contribution in [1.29, 1.82) is 0 Å². The zero-order valence-electron chi connectivity index (χ0n) is 11.6. The second-order valence-electron chi connectivity index (χ2n) is 5.96. The molecular weight excluding hydrogens is 208 g/mol. The largest absolute Gasteiger partial charge is 0.317 e. The molecule has 1 aliphatic heterocycles. The van der Waals surface area contributed by atoms with Gasteiger partial charge in [0.2, 0.25) is 0 Å². The number of likely N-dealkylation sites (tertiary alicyclic amines) is 1. The highest BCUT2D eigenvalue weighted by Gasteiger charge is 2.27. The smallest absolute Gasteiger partial charge is 0.00953 e. The van der Waals surface area contributed by atoms with E-state index in [1.54, 1.807) is 0 Å². The summed E-state index contributed by atoms with van der Waals surface area (Å²) >= 11 is 0. The van der Waals surface area contributed by atoms with Gasteiger partial charge in [-0.05, 0) is 44.8 Å². The molecule has 1 aliphatic carbocycles. The minimum absolute atomic E-state index is 0.917. The first-order valence-corrected chi connectivity index (χ1v) is 7.85. The first-order valence-electron chi connectivity index (χ1n) is 7.85. The van der Waals surface area contributed by atoms with Gasteiger partial charge in [0.25, 0.3) is 0 Å². The van der Waals surface area contributed by atoms with Crippen LogP contribution in [-0.2, 0) is 0 Å². The van der Waals surface area contributed by atoms with Crippen molar-refractivity contribution in [2.45, 2.75) is 64.3 Å². The summed E-state index contributed by atoms with van der Waals surface area (Å²) in [6, 6.07) is 0.918. The second-order valence-corrected chi connectivity index (χ2v) is 5.96. The minimum atomic E-state index is 0.917. The quantitative estimate of drug-likeness (QED) is 0.810. The van der Waals surface area contributed by atoms with Crippen molar-refractivity contribution < 1.29 is 0 Å². The highest BCUT2D eigenvalue weighted by Crippen LogP contribution is 2.26. The topological polar surface area (TPSA) is 15.3 Å². The number of hydrogen-bond acceptors (Lipinski definition) is 2. The van der Waals surface area contributed by atoms with Crippen LogP contribution in [0.2, 0.25) is 0 Å². The fraction of sp³-hybridized carbons (Fsp3) is 1.00. The van der Waals surface area contributed by atoms with Crippen LogP contribution in [0.4, 0.5) is 0 Å². The van der Waals surface area contributed by atoms with E-state index in [2.05, 4.69) is 17.1 Å². The summed E-state index contributed by atoms with van der Waals surface area (Å²) in [7, 11) is 0. The molecule has 1 unspecified atom stereocenters. The molecule has 0 radical (unpaired) electrons. The van der Waals surface area contributed by atoms with E-state index in [-0.39, 0.29) is 0 Å². The van der Waals surface area contributed by atoms with E-state index in [1.165, 1.54) is 71.0 Å². The predicted octanol–water partition coefficient (Wildman–Crippen LogP) is 3.03. The first kappa shape index (κ1) is 13.4. The third kappa shape index (κ3) is 4.26. The number of rotatable bonds is 4. The Morgan fingerprint density at radius 3 is 2.41 bits per heavy atom. The monoisotopic (exact) mass is 238 g/mol. The standard InChI is InChI=1S/C15H30N2/c1-2-16-12-14-10-11-17(13-14)15-8-6-4-3-5-7-9-15/h14-16H,2-13H2,1H3. The number of nitrogens with one attached hydrogen (secondary N) is 1. The molecule has 1 N–H and O–H groups in total. The van der Waals surface area contributed by atoms with Crippen LogP contribution in [0.5, 0.6) is 0 Å². The molecule has 0 aromatic heterocycles. The first-order chi connectivity index (χ1) is 8.40. The molecule has 1 heterocycles. The maximum Gasteiger partial charge on any atom is 0.00953 e. The van der Waals surface area contributed by atoms with E-state index in [4.69, 9.17) is 0 Å². The van der Waals surface area contributed by atoms with Crippen LogP contribution in [0, 0.1) is 5.92 Å². The summed E-state index contributed by atoms with van der Waals surface area (Å²) in [6.45, 7) is 7.29. The molecule has 0 spiro atoms. The fourth-order valence-corrected chi connectivity index (χ4v) is 3.51. The Labute approximate surface area is 107 Å². The molecule has 2 nitrogen and oxygen atoms in total. The Balaban J connectivity index is 1.73. The van der Waals surface area contributed by atoms with Crippen LogP contribution < -0.4 is 5.32 Å². The molecule has 100 valence electrons. The van der Waals surface area contributed by atoms with Gasteiger partial charge >= 0.3 is 0 Å². The highest BCUT2D eigenvalue weighted by atomic mass is 15.2. The third-order valence-electron chi connectivity index (χ3n) is 4.59. The molecule has 2 aliphatic rings. The van der Waals surface area contributed by atoms with Gasteiger partial charge in [0.15, 0.2) is 0 Å². The Morgan fingerprint density at radius 2 is 1.71 bits per heavy atom. The Hall–Kier alpha value is -0.0800. The van der Waals surface area contributed by atoms with Crippen molar-refractivity contribution in [1.82, 2.24) is 10.2 Å². The summed E-state index contributed by atoms with van der Waals surface area (Å²) in [5.41, 5.74) is 0. The molecular formula is C15H30N2. The van der Waals surface area contributed by atoms with Gasteiger partial charge < -0.3 is 10.2 Å². The van der Waals surface area contributed by atoms with Gasteiger partial charge in [-0.2, -0.15) is 0 Å². The molecule has 1 saturated heterocycles. The predicted molar refractivity (Wildman–Crippen MR) is 74.3 cm³/mol. The summed E-state index contributed by atoms with van der Waals surface area (Å²) in [6.07, 6.45) is 11.7. The Morgan fingerprint density at radius 1 is 1.00 bits per heavy atom. The lowest BCUT2D eigenvalue weighted by Gasteiger charge is -2.29. The van der Waals surface area contributed by atoms with Crippen LogP contribution in [0.25, 0.3) is 0 Å². The fourth-order valence-electron chi connectivity index (χ4n) is 3.51. The maximum atomic E-state index is 3.51. The molecule has 0 amide bonds. The van der Waals surface area contributed by atoms with Crippen molar-refractivity contribution in [3.05, 3.63) is 0 Å². The summed E-state index contributed by atoms with van der Waals surface area (Å²) in [5, 5.41) is 3.51. The van der Waals surface area contributed by atoms with E-state index in [9.17, 15) is 0 Å². The lowest BCUT2D eigenvalue weighted by atomic mass is 9.96. The van der Waals surface area contributed by atoms with E-state index in [0.717, 1.165) is 18.5 Å². The molecule has 0 aromatic rings. The average Bonchev–Trinajstić information content (AvgIpc) is 2.74. The lowest BCUT2D eigenvalue weighted by Crippen LogP contribution is -2.35. The summed E-state index contributed by atoms with van der Waals surface area (Å²) in [4.78, 5) is 2.80. The molecule has 2 heteroatoms. The lowest BCUT2D eigenvalue weighted by molar-refractivity contribution is 0.196. The highest BCUT2D eigenvalue weighted by molar-refractivity contribution is 4.83. The summed E-state index contributed by atoms with van der Waals surface area (Å²) < 4.78 is 0. The van der Waals surface area contributed by atoms with Crippen molar-refractivity contribution >= 4 is 0 Å². The van der Waals surface area contributed by atoms with E-state index in [1.807, 2.05) is 0 Å². The SMILES string of the molecule is CCNCC1CCN(C2CCCCCCC2)C1. The maximum absolute atomic E-state index is 3.51. The van der Waals surface area contributed by atoms with Crippen LogP contribution in [0.1, 0.15) is 58.3 Å². The van der Waals surface area contributed by atoms with E-state index < -0.39 is 0 Å². The van der Waals surface area contributed by atoms with Crippen LogP contribution in [-0.4, -0.2) is 37.1 Å². The van der Waals surface area contributed by atoms with Gasteiger partial charge in [0.1, 0.15) is 0 Å². The van der Waals surface area contributed by atoms with Gasteiger partial charge in [-0.1, -0.05) is 39.0 Å². The Bertz CT molecular complexity index is 197. The van der Waals surface area contributed by atoms with Crippen LogP contribution in [0.3, 0.4) is 0 Å². The van der Waals surface area contributed by atoms with Gasteiger partial charge in [0, 0.05) is 12.6 Å². The molecule has 1 atom stereocenters. The second kappa shape index (κ2) is 7.38. The zero-order chi connectivity index (χ0) is 11.9. The van der Waals surface area contributed by atoms with Crippen molar-refractivity contribution in [2.75, 3.05) is 26.2 Å². The molecule has 2 fully saturated rings.